The molecule has 0 aliphatic heterocycles. The third-order valence-electron chi connectivity index (χ3n) is 2.37. The summed E-state index contributed by atoms with van der Waals surface area (Å²) in [7, 11) is 0. The Balaban J connectivity index is 2.80. The Bertz CT molecular complexity index is 364. The molecule has 0 saturated carbocycles. The van der Waals surface area contributed by atoms with E-state index in [0.717, 1.165) is 5.56 Å². The summed E-state index contributed by atoms with van der Waals surface area (Å²) in [6, 6.07) is 3.61. The maximum atomic E-state index is 8.91. The number of rotatable bonds is 7. The van der Waals surface area contributed by atoms with Crippen LogP contribution in [0.2, 0.25) is 0 Å². The van der Waals surface area contributed by atoms with Crippen LogP contribution in [0.5, 0.6) is 0 Å². The molecule has 1 aromatic rings. The molecule has 94 valence electrons. The van der Waals surface area contributed by atoms with Gasteiger partial charge in [0, 0.05) is 25.8 Å². The van der Waals surface area contributed by atoms with Crippen molar-refractivity contribution in [2.75, 3.05) is 26.3 Å². The van der Waals surface area contributed by atoms with Gasteiger partial charge in [-0.1, -0.05) is 6.07 Å². The van der Waals surface area contributed by atoms with E-state index in [1.807, 2.05) is 11.0 Å². The third-order valence-corrected chi connectivity index (χ3v) is 2.37. The molecule has 0 atom stereocenters. The van der Waals surface area contributed by atoms with E-state index in [2.05, 4.69) is 4.98 Å². The zero-order valence-corrected chi connectivity index (χ0v) is 9.63. The van der Waals surface area contributed by atoms with Gasteiger partial charge in [0.25, 0.3) is 0 Å². The van der Waals surface area contributed by atoms with Gasteiger partial charge in [0.1, 0.15) is 11.5 Å². The van der Waals surface area contributed by atoms with E-state index in [0.29, 0.717) is 25.3 Å². The first-order chi connectivity index (χ1) is 8.19. The summed E-state index contributed by atoms with van der Waals surface area (Å²) in [5, 5.41) is 25.3. The molecule has 0 radical (unpaired) electrons. The summed E-state index contributed by atoms with van der Waals surface area (Å²) in [6.45, 7) is 1.48. The Kier molecular flexibility index (Phi) is 5.55. The summed E-state index contributed by atoms with van der Waals surface area (Å²) in [5.41, 5.74) is 6.72. The van der Waals surface area contributed by atoms with Crippen LogP contribution in [0.15, 0.2) is 18.3 Å². The molecule has 6 heteroatoms. The van der Waals surface area contributed by atoms with Crippen molar-refractivity contribution in [1.82, 2.24) is 9.88 Å². The van der Waals surface area contributed by atoms with Crippen LogP contribution >= 0.6 is 0 Å². The number of nitrogens with two attached hydrogens (primary N) is 1. The van der Waals surface area contributed by atoms with Gasteiger partial charge in [0.05, 0.1) is 13.2 Å². The first-order valence-corrected chi connectivity index (χ1v) is 5.41. The number of aliphatic hydroxyl groups excluding tert-OH is 2. The predicted molar refractivity (Wildman–Crippen MR) is 64.7 cm³/mol. The van der Waals surface area contributed by atoms with E-state index in [-0.39, 0.29) is 19.0 Å². The smallest absolute Gasteiger partial charge is 0.142 e. The molecular weight excluding hydrogens is 220 g/mol. The summed E-state index contributed by atoms with van der Waals surface area (Å²) in [6.07, 6.45) is 1.59. The van der Waals surface area contributed by atoms with Crippen LogP contribution in [0.4, 0.5) is 0 Å². The minimum Gasteiger partial charge on any atom is -0.395 e. The molecule has 0 fully saturated rings. The van der Waals surface area contributed by atoms with Crippen LogP contribution in [0.3, 0.4) is 0 Å². The van der Waals surface area contributed by atoms with Crippen LogP contribution in [0.25, 0.3) is 0 Å². The van der Waals surface area contributed by atoms with E-state index in [9.17, 15) is 0 Å². The van der Waals surface area contributed by atoms with Crippen molar-refractivity contribution in [2.45, 2.75) is 6.54 Å². The van der Waals surface area contributed by atoms with Gasteiger partial charge in [0.15, 0.2) is 0 Å². The molecule has 0 spiro atoms. The number of nitrogens with one attached hydrogen (secondary N) is 1. The Hall–Kier alpha value is -1.50. The second-order valence-corrected chi connectivity index (χ2v) is 3.65. The highest BCUT2D eigenvalue weighted by atomic mass is 16.3. The highest BCUT2D eigenvalue weighted by Gasteiger charge is 2.10. The minimum atomic E-state index is -0.0754. The van der Waals surface area contributed by atoms with Crippen molar-refractivity contribution in [1.29, 1.82) is 5.41 Å². The fourth-order valence-corrected chi connectivity index (χ4v) is 1.60. The number of aliphatic hydroxyl groups is 2. The standard InChI is InChI=1S/C11H18N4O2/c12-11(13)10-9(2-1-3-14-10)8-15(4-6-16)5-7-17/h1-3,16-17H,4-8H2,(H3,12,13). The van der Waals surface area contributed by atoms with Crippen molar-refractivity contribution in [2.24, 2.45) is 5.73 Å². The molecule has 0 aromatic carbocycles. The minimum absolute atomic E-state index is 0.0235. The molecule has 6 nitrogen and oxygen atoms in total. The molecule has 1 aromatic heterocycles. The van der Waals surface area contributed by atoms with Crippen LogP contribution in [0, 0.1) is 5.41 Å². The van der Waals surface area contributed by atoms with Crippen molar-refractivity contribution < 1.29 is 10.2 Å². The average molecular weight is 238 g/mol. The summed E-state index contributed by atoms with van der Waals surface area (Å²) in [5.74, 6) is -0.0754. The van der Waals surface area contributed by atoms with Gasteiger partial charge in [-0.25, -0.2) is 0 Å². The number of aromatic nitrogens is 1. The molecule has 0 aliphatic carbocycles. The predicted octanol–water partition coefficient (Wildman–Crippen LogP) is -0.848. The SMILES string of the molecule is N=C(N)c1ncccc1CN(CCO)CCO. The van der Waals surface area contributed by atoms with Gasteiger partial charge >= 0.3 is 0 Å². The molecule has 5 N–H and O–H groups in total. The number of amidine groups is 1. The molecule has 0 aliphatic rings. The van der Waals surface area contributed by atoms with Crippen molar-refractivity contribution in [3.8, 4) is 0 Å². The number of hydrogen-bond acceptors (Lipinski definition) is 5. The van der Waals surface area contributed by atoms with E-state index in [1.54, 1.807) is 12.3 Å². The fraction of sp³-hybridized carbons (Fsp3) is 0.455. The monoisotopic (exact) mass is 238 g/mol. The fourth-order valence-electron chi connectivity index (χ4n) is 1.60. The van der Waals surface area contributed by atoms with E-state index >= 15 is 0 Å². The van der Waals surface area contributed by atoms with Crippen LogP contribution in [0.1, 0.15) is 11.3 Å². The van der Waals surface area contributed by atoms with Gasteiger partial charge in [-0.05, 0) is 11.6 Å². The first kappa shape index (κ1) is 13.6. The summed E-state index contributed by atoms with van der Waals surface area (Å²) in [4.78, 5) is 5.93. The molecule has 17 heavy (non-hydrogen) atoms. The molecule has 0 bridgehead atoms. The molecule has 0 amide bonds. The second-order valence-electron chi connectivity index (χ2n) is 3.65. The second kappa shape index (κ2) is 6.95. The normalized spacial score (nSPS) is 10.8. The topological polar surface area (TPSA) is 106 Å². The van der Waals surface area contributed by atoms with Crippen LogP contribution in [-0.2, 0) is 6.54 Å². The summed E-state index contributed by atoms with van der Waals surface area (Å²) >= 11 is 0. The third kappa shape index (κ3) is 4.10. The highest BCUT2D eigenvalue weighted by Crippen LogP contribution is 2.08. The zero-order valence-electron chi connectivity index (χ0n) is 9.63. The maximum Gasteiger partial charge on any atom is 0.142 e. The lowest BCUT2D eigenvalue weighted by molar-refractivity contribution is 0.155. The lowest BCUT2D eigenvalue weighted by Gasteiger charge is -2.21. The number of nitrogens with zero attached hydrogens (tertiary/aromatic N) is 2. The zero-order chi connectivity index (χ0) is 12.7. The number of hydrogen-bond donors (Lipinski definition) is 4. The van der Waals surface area contributed by atoms with Crippen molar-refractivity contribution >= 4 is 5.84 Å². The van der Waals surface area contributed by atoms with Gasteiger partial charge in [-0.3, -0.25) is 15.3 Å². The Labute approximate surface area is 100 Å². The Morgan fingerprint density at radius 3 is 2.53 bits per heavy atom. The Morgan fingerprint density at radius 1 is 1.35 bits per heavy atom. The van der Waals surface area contributed by atoms with E-state index < -0.39 is 0 Å². The van der Waals surface area contributed by atoms with E-state index in [4.69, 9.17) is 21.4 Å². The van der Waals surface area contributed by atoms with Crippen molar-refractivity contribution in [3.05, 3.63) is 29.6 Å². The van der Waals surface area contributed by atoms with Gasteiger partial charge in [-0.15, -0.1) is 0 Å². The molecule has 0 unspecified atom stereocenters. The molecule has 0 saturated heterocycles. The molecule has 1 rings (SSSR count). The number of nitrogen functional groups attached to an aromatic ring is 1. The summed E-state index contributed by atoms with van der Waals surface area (Å²) < 4.78 is 0. The lowest BCUT2D eigenvalue weighted by atomic mass is 10.1. The molecule has 1 heterocycles. The van der Waals surface area contributed by atoms with Gasteiger partial charge < -0.3 is 15.9 Å². The maximum absolute atomic E-state index is 8.91. The van der Waals surface area contributed by atoms with Gasteiger partial charge in [0.2, 0.25) is 0 Å². The lowest BCUT2D eigenvalue weighted by Crippen LogP contribution is -2.30. The highest BCUT2D eigenvalue weighted by molar-refractivity contribution is 5.94. The molecular formula is C11H18N4O2. The number of pyridine rings is 1. The Morgan fingerprint density at radius 2 is 2.00 bits per heavy atom. The van der Waals surface area contributed by atoms with Crippen molar-refractivity contribution in [3.63, 3.8) is 0 Å². The first-order valence-electron chi connectivity index (χ1n) is 5.41. The largest absolute Gasteiger partial charge is 0.395 e. The van der Waals surface area contributed by atoms with Gasteiger partial charge in [-0.2, -0.15) is 0 Å². The van der Waals surface area contributed by atoms with E-state index in [1.165, 1.54) is 0 Å². The van der Waals surface area contributed by atoms with Crippen LogP contribution in [-0.4, -0.2) is 52.2 Å². The quantitative estimate of drug-likeness (QED) is 0.366. The van der Waals surface area contributed by atoms with Crippen LogP contribution < -0.4 is 5.73 Å². The average Bonchev–Trinajstić information content (AvgIpc) is 2.30.